The zero-order valence-electron chi connectivity index (χ0n) is 19.9. The van der Waals surface area contributed by atoms with Crippen LogP contribution in [0.3, 0.4) is 0 Å². The smallest absolute Gasteiger partial charge is 0.0656 e. The highest BCUT2D eigenvalue weighted by Crippen LogP contribution is 2.63. The van der Waals surface area contributed by atoms with Gasteiger partial charge >= 0.3 is 0 Å². The normalized spacial score (nSPS) is 37.2. The Balaban J connectivity index is 1.62. The van der Waals surface area contributed by atoms with Crippen molar-refractivity contribution in [3.8, 4) is 0 Å². The molecule has 2 fully saturated rings. The lowest BCUT2D eigenvalue weighted by molar-refractivity contribution is -0.00885. The third-order valence-electron chi connectivity index (χ3n) is 9.29. The summed E-state index contributed by atoms with van der Waals surface area (Å²) in [4.78, 5) is 0. The topological polar surface area (TPSA) is 20.2 Å². The van der Waals surface area contributed by atoms with Gasteiger partial charge in [0.1, 0.15) is 0 Å². The van der Waals surface area contributed by atoms with Gasteiger partial charge in [-0.2, -0.15) is 0 Å². The lowest BCUT2D eigenvalue weighted by atomic mass is 9.54. The Labute approximate surface area is 181 Å². The van der Waals surface area contributed by atoms with Crippen molar-refractivity contribution in [2.45, 2.75) is 117 Å². The molecule has 0 aromatic heterocycles. The van der Waals surface area contributed by atoms with E-state index in [4.69, 9.17) is 0 Å². The molecule has 1 nitrogen and oxygen atoms in total. The molecule has 166 valence electrons. The first kappa shape index (κ1) is 23.1. The van der Waals surface area contributed by atoms with E-state index in [1.54, 1.807) is 5.57 Å². The fraction of sp³-hybridized carbons (Fsp3) is 0.857. The minimum atomic E-state index is -0.503. The van der Waals surface area contributed by atoms with Crippen LogP contribution in [0, 0.1) is 35.0 Å². The van der Waals surface area contributed by atoms with Gasteiger partial charge in [-0.05, 0) is 106 Å². The largest absolute Gasteiger partial charge is 0.390 e. The van der Waals surface area contributed by atoms with Crippen molar-refractivity contribution in [1.82, 2.24) is 0 Å². The molecule has 2 saturated carbocycles. The molecule has 0 heterocycles. The van der Waals surface area contributed by atoms with Gasteiger partial charge in [0.05, 0.1) is 5.60 Å². The van der Waals surface area contributed by atoms with E-state index in [0.717, 1.165) is 48.9 Å². The predicted molar refractivity (Wildman–Crippen MR) is 126 cm³/mol. The number of rotatable bonds is 10. The van der Waals surface area contributed by atoms with E-state index in [-0.39, 0.29) is 0 Å². The van der Waals surface area contributed by atoms with E-state index in [9.17, 15) is 5.11 Å². The molecule has 0 spiro atoms. The maximum absolute atomic E-state index is 10.8. The third-order valence-corrected chi connectivity index (χ3v) is 9.29. The third kappa shape index (κ3) is 5.20. The molecule has 0 aromatic carbocycles. The van der Waals surface area contributed by atoms with E-state index in [1.807, 2.05) is 0 Å². The van der Waals surface area contributed by atoms with Crippen LogP contribution in [0.25, 0.3) is 0 Å². The zero-order valence-corrected chi connectivity index (χ0v) is 19.9. The maximum atomic E-state index is 10.8. The quantitative estimate of drug-likeness (QED) is 0.290. The van der Waals surface area contributed by atoms with Crippen molar-refractivity contribution >= 4 is 0 Å². The molecule has 0 aliphatic heterocycles. The monoisotopic (exact) mass is 400 g/mol. The highest BCUT2D eigenvalue weighted by Gasteiger charge is 2.54. The summed E-state index contributed by atoms with van der Waals surface area (Å²) >= 11 is 0. The van der Waals surface area contributed by atoms with Gasteiger partial charge in [-0.15, -0.1) is 6.58 Å². The van der Waals surface area contributed by atoms with E-state index >= 15 is 0 Å². The molecule has 0 aromatic rings. The first-order chi connectivity index (χ1) is 13.8. The summed E-state index contributed by atoms with van der Waals surface area (Å²) in [7, 11) is 0. The Kier molecular flexibility index (Phi) is 7.74. The van der Waals surface area contributed by atoms with Crippen LogP contribution in [0.5, 0.6) is 0 Å². The van der Waals surface area contributed by atoms with Crippen molar-refractivity contribution in [1.29, 1.82) is 0 Å². The molecule has 0 amide bonds. The van der Waals surface area contributed by atoms with Crippen LogP contribution in [0.15, 0.2) is 24.3 Å². The minimum absolute atomic E-state index is 0.503. The van der Waals surface area contributed by atoms with Gasteiger partial charge in [-0.25, -0.2) is 0 Å². The summed E-state index contributed by atoms with van der Waals surface area (Å²) in [5.74, 6) is 4.52. The molecule has 0 radical (unpaired) electrons. The van der Waals surface area contributed by atoms with Gasteiger partial charge in [0.2, 0.25) is 0 Å². The molecule has 1 unspecified atom stereocenters. The molecule has 0 bridgehead atoms. The van der Waals surface area contributed by atoms with Crippen LogP contribution in [0.2, 0.25) is 0 Å². The standard InChI is InChI=1S/C28H48O/c1-6-8-10-11-21(3)25-14-15-26-24-13-12-22(20-27(4,29)17-9-7-2)19-23(24)16-18-28(25,26)5/h6,12,21,23-26,29H,1,7-11,13-20H2,2-5H3/t21-,23-,24-,25-,26+,27?,28-/m1/s1. The second kappa shape index (κ2) is 9.71. The van der Waals surface area contributed by atoms with Crippen molar-refractivity contribution in [3.05, 3.63) is 24.3 Å². The average molecular weight is 401 g/mol. The van der Waals surface area contributed by atoms with Crippen LogP contribution < -0.4 is 0 Å². The van der Waals surface area contributed by atoms with Crippen LogP contribution >= 0.6 is 0 Å². The Hall–Kier alpha value is -0.560. The van der Waals surface area contributed by atoms with Crippen molar-refractivity contribution in [2.75, 3.05) is 0 Å². The fourth-order valence-electron chi connectivity index (χ4n) is 7.74. The molecule has 7 atom stereocenters. The lowest BCUT2D eigenvalue weighted by Gasteiger charge is -2.51. The molecule has 0 saturated heterocycles. The summed E-state index contributed by atoms with van der Waals surface area (Å²) in [5.41, 5.74) is 1.63. The van der Waals surface area contributed by atoms with Crippen molar-refractivity contribution in [3.63, 3.8) is 0 Å². The van der Waals surface area contributed by atoms with Gasteiger partial charge in [-0.3, -0.25) is 0 Å². The van der Waals surface area contributed by atoms with E-state index in [1.165, 1.54) is 64.2 Å². The number of unbranched alkanes of at least 4 members (excludes halogenated alkanes) is 2. The van der Waals surface area contributed by atoms with Gasteiger partial charge in [0.15, 0.2) is 0 Å². The molecule has 3 aliphatic rings. The highest BCUT2D eigenvalue weighted by atomic mass is 16.3. The molecule has 1 heteroatoms. The molecule has 29 heavy (non-hydrogen) atoms. The Morgan fingerprint density at radius 2 is 2.10 bits per heavy atom. The van der Waals surface area contributed by atoms with Crippen LogP contribution in [-0.2, 0) is 0 Å². The lowest BCUT2D eigenvalue weighted by Crippen LogP contribution is -2.43. The van der Waals surface area contributed by atoms with Gasteiger partial charge in [0, 0.05) is 0 Å². The van der Waals surface area contributed by atoms with Crippen LogP contribution in [0.4, 0.5) is 0 Å². The first-order valence-electron chi connectivity index (χ1n) is 12.8. The number of fused-ring (bicyclic) bond motifs is 3. The summed E-state index contributed by atoms with van der Waals surface area (Å²) in [6.45, 7) is 13.4. The predicted octanol–water partition coefficient (Wildman–Crippen LogP) is 8.09. The second-order valence-corrected chi connectivity index (χ2v) is 11.5. The van der Waals surface area contributed by atoms with E-state index in [0.29, 0.717) is 5.41 Å². The van der Waals surface area contributed by atoms with Gasteiger partial charge in [0.25, 0.3) is 0 Å². The van der Waals surface area contributed by atoms with Crippen molar-refractivity contribution < 1.29 is 5.11 Å². The van der Waals surface area contributed by atoms with Crippen LogP contribution in [-0.4, -0.2) is 10.7 Å². The van der Waals surface area contributed by atoms with Gasteiger partial charge in [-0.1, -0.05) is 57.8 Å². The molecule has 3 aliphatic carbocycles. The Morgan fingerprint density at radius 1 is 1.31 bits per heavy atom. The molecule has 1 N–H and O–H groups in total. The number of hydrogen-bond acceptors (Lipinski definition) is 1. The van der Waals surface area contributed by atoms with Crippen molar-refractivity contribution in [2.24, 2.45) is 35.0 Å². The number of hydrogen-bond donors (Lipinski definition) is 1. The molecular weight excluding hydrogens is 352 g/mol. The number of allylic oxidation sites excluding steroid dienone is 2. The molecule has 3 rings (SSSR count). The zero-order chi connectivity index (χ0) is 21.1. The second-order valence-electron chi connectivity index (χ2n) is 11.5. The Morgan fingerprint density at radius 3 is 2.83 bits per heavy atom. The maximum Gasteiger partial charge on any atom is 0.0656 e. The summed E-state index contributed by atoms with van der Waals surface area (Å²) in [5, 5.41) is 10.8. The Bertz CT molecular complexity index is 573. The average Bonchev–Trinajstić information content (AvgIpc) is 3.04. The fourth-order valence-corrected chi connectivity index (χ4v) is 7.74. The summed E-state index contributed by atoms with van der Waals surface area (Å²) < 4.78 is 0. The first-order valence-corrected chi connectivity index (χ1v) is 12.8. The van der Waals surface area contributed by atoms with E-state index in [2.05, 4.69) is 46.4 Å². The van der Waals surface area contributed by atoms with Crippen LogP contribution in [0.1, 0.15) is 111 Å². The molecular formula is C28H48O. The highest BCUT2D eigenvalue weighted by molar-refractivity contribution is 5.15. The minimum Gasteiger partial charge on any atom is -0.390 e. The SMILES string of the molecule is C=CCCC[C@@H](C)[C@H]1CC[C@H]2[C@@H]3CC=C(CC(C)(O)CCCC)C[C@H]3CC[C@]12C. The van der Waals surface area contributed by atoms with Gasteiger partial charge < -0.3 is 5.11 Å². The number of aliphatic hydroxyl groups is 1. The van der Waals surface area contributed by atoms with E-state index < -0.39 is 5.60 Å². The summed E-state index contributed by atoms with van der Waals surface area (Å²) in [6.07, 6.45) is 21.0. The summed E-state index contributed by atoms with van der Waals surface area (Å²) in [6, 6.07) is 0.